The number of benzene rings is 1. The molecule has 106 valence electrons. The van der Waals surface area contributed by atoms with Crippen LogP contribution < -0.4 is 5.32 Å². The average molecular weight is 259 g/mol. The number of rotatable bonds is 5. The van der Waals surface area contributed by atoms with Crippen LogP contribution in [0.5, 0.6) is 0 Å². The first kappa shape index (κ1) is 14.6. The van der Waals surface area contributed by atoms with Gasteiger partial charge in [0.15, 0.2) is 0 Å². The Morgan fingerprint density at radius 1 is 1.05 bits per heavy atom. The third-order valence-electron chi connectivity index (χ3n) is 5.58. The Morgan fingerprint density at radius 2 is 1.58 bits per heavy atom. The Kier molecular flexibility index (Phi) is 3.79. The fourth-order valence-corrected chi connectivity index (χ4v) is 3.80. The predicted molar refractivity (Wildman–Crippen MR) is 83.4 cm³/mol. The van der Waals surface area contributed by atoms with Crippen LogP contribution in [-0.2, 0) is 6.42 Å². The van der Waals surface area contributed by atoms with Gasteiger partial charge in [-0.3, -0.25) is 0 Å². The largest absolute Gasteiger partial charge is 0.314 e. The van der Waals surface area contributed by atoms with E-state index in [9.17, 15) is 0 Å². The second-order valence-electron chi connectivity index (χ2n) is 7.27. The molecule has 1 aliphatic rings. The van der Waals surface area contributed by atoms with Crippen molar-refractivity contribution >= 4 is 0 Å². The van der Waals surface area contributed by atoms with Crippen LogP contribution in [-0.4, -0.2) is 12.6 Å². The normalized spacial score (nSPS) is 22.2. The topological polar surface area (TPSA) is 12.0 Å². The van der Waals surface area contributed by atoms with E-state index in [1.807, 2.05) is 0 Å². The molecule has 0 bridgehead atoms. The molecule has 0 saturated heterocycles. The fourth-order valence-electron chi connectivity index (χ4n) is 3.80. The van der Waals surface area contributed by atoms with Crippen molar-refractivity contribution in [2.45, 2.75) is 54.0 Å². The van der Waals surface area contributed by atoms with Gasteiger partial charge in [-0.25, -0.2) is 0 Å². The SMILES string of the molecule is CCNC(Cc1ccc(C)cc1)C1C(C)(C)C1(C)C. The van der Waals surface area contributed by atoms with Gasteiger partial charge in [0.1, 0.15) is 0 Å². The summed E-state index contributed by atoms with van der Waals surface area (Å²) in [5.41, 5.74) is 3.69. The molecule has 1 atom stereocenters. The zero-order valence-corrected chi connectivity index (χ0v) is 13.4. The van der Waals surface area contributed by atoms with Gasteiger partial charge >= 0.3 is 0 Å². The Balaban J connectivity index is 2.12. The molecule has 0 aliphatic heterocycles. The van der Waals surface area contributed by atoms with E-state index in [0.717, 1.165) is 18.9 Å². The lowest BCUT2D eigenvalue weighted by Crippen LogP contribution is -2.35. The second kappa shape index (κ2) is 4.94. The zero-order chi connectivity index (χ0) is 14.3. The molecule has 1 unspecified atom stereocenters. The average Bonchev–Trinajstić information content (AvgIpc) is 2.72. The minimum Gasteiger partial charge on any atom is -0.314 e. The van der Waals surface area contributed by atoms with Crippen molar-refractivity contribution in [1.82, 2.24) is 5.32 Å². The lowest BCUT2D eigenvalue weighted by molar-refractivity contribution is 0.403. The summed E-state index contributed by atoms with van der Waals surface area (Å²) in [6.07, 6.45) is 1.14. The van der Waals surface area contributed by atoms with Gasteiger partial charge in [-0.15, -0.1) is 0 Å². The molecule has 0 radical (unpaired) electrons. The Bertz CT molecular complexity index is 414. The minimum absolute atomic E-state index is 0.449. The summed E-state index contributed by atoms with van der Waals surface area (Å²) in [6, 6.07) is 9.60. The van der Waals surface area contributed by atoms with E-state index in [2.05, 4.69) is 71.1 Å². The molecule has 2 rings (SSSR count). The summed E-state index contributed by atoms with van der Waals surface area (Å²) in [4.78, 5) is 0. The van der Waals surface area contributed by atoms with Crippen molar-refractivity contribution in [1.29, 1.82) is 0 Å². The minimum atomic E-state index is 0.449. The lowest BCUT2D eigenvalue weighted by atomic mass is 9.96. The molecule has 1 nitrogen and oxygen atoms in total. The van der Waals surface area contributed by atoms with E-state index in [0.29, 0.717) is 16.9 Å². The van der Waals surface area contributed by atoms with E-state index in [-0.39, 0.29) is 0 Å². The van der Waals surface area contributed by atoms with Crippen molar-refractivity contribution in [3.63, 3.8) is 0 Å². The number of likely N-dealkylation sites (N-methyl/N-ethyl adjacent to an activating group) is 1. The molecule has 1 aromatic rings. The number of aryl methyl sites for hydroxylation is 1. The van der Waals surface area contributed by atoms with Crippen molar-refractivity contribution in [2.75, 3.05) is 6.54 Å². The summed E-state index contributed by atoms with van der Waals surface area (Å²) in [7, 11) is 0. The third kappa shape index (κ3) is 2.58. The van der Waals surface area contributed by atoms with E-state index in [4.69, 9.17) is 0 Å². The van der Waals surface area contributed by atoms with Crippen LogP contribution in [0.3, 0.4) is 0 Å². The van der Waals surface area contributed by atoms with Crippen LogP contribution in [0.4, 0.5) is 0 Å². The van der Waals surface area contributed by atoms with Crippen LogP contribution in [0.2, 0.25) is 0 Å². The molecule has 0 spiro atoms. The molecule has 0 aromatic heterocycles. The molecule has 0 amide bonds. The van der Waals surface area contributed by atoms with Gasteiger partial charge in [-0.05, 0) is 42.2 Å². The van der Waals surface area contributed by atoms with Crippen molar-refractivity contribution in [2.24, 2.45) is 16.7 Å². The van der Waals surface area contributed by atoms with Gasteiger partial charge in [-0.1, -0.05) is 64.4 Å². The molecule has 1 aromatic carbocycles. The second-order valence-corrected chi connectivity index (χ2v) is 7.27. The highest BCUT2D eigenvalue weighted by Crippen LogP contribution is 2.69. The monoisotopic (exact) mass is 259 g/mol. The smallest absolute Gasteiger partial charge is 0.0146 e. The molecule has 1 N–H and O–H groups in total. The van der Waals surface area contributed by atoms with E-state index in [1.54, 1.807) is 0 Å². The maximum atomic E-state index is 3.72. The van der Waals surface area contributed by atoms with Crippen LogP contribution in [0.1, 0.15) is 45.7 Å². The van der Waals surface area contributed by atoms with Gasteiger partial charge in [0.25, 0.3) is 0 Å². The van der Waals surface area contributed by atoms with E-state index in [1.165, 1.54) is 11.1 Å². The highest BCUT2D eigenvalue weighted by atomic mass is 15.0. The van der Waals surface area contributed by atoms with Crippen molar-refractivity contribution < 1.29 is 0 Å². The molecule has 19 heavy (non-hydrogen) atoms. The fraction of sp³-hybridized carbons (Fsp3) is 0.667. The number of nitrogens with one attached hydrogen (secondary N) is 1. The van der Waals surface area contributed by atoms with Crippen LogP contribution in [0.15, 0.2) is 24.3 Å². The molecular weight excluding hydrogens is 230 g/mol. The molecule has 1 heteroatoms. The molecular formula is C18H29N. The van der Waals surface area contributed by atoms with E-state index >= 15 is 0 Å². The first-order valence-corrected chi connectivity index (χ1v) is 7.59. The summed E-state index contributed by atoms with van der Waals surface area (Å²) in [5.74, 6) is 0.765. The third-order valence-corrected chi connectivity index (χ3v) is 5.58. The van der Waals surface area contributed by atoms with Crippen LogP contribution in [0.25, 0.3) is 0 Å². The first-order valence-electron chi connectivity index (χ1n) is 7.59. The number of hydrogen-bond acceptors (Lipinski definition) is 1. The quantitative estimate of drug-likeness (QED) is 0.835. The van der Waals surface area contributed by atoms with Crippen LogP contribution in [0, 0.1) is 23.7 Å². The van der Waals surface area contributed by atoms with E-state index < -0.39 is 0 Å². The summed E-state index contributed by atoms with van der Waals surface area (Å²) < 4.78 is 0. The Morgan fingerprint density at radius 3 is 2.00 bits per heavy atom. The Hall–Kier alpha value is -0.820. The van der Waals surface area contributed by atoms with Crippen LogP contribution >= 0.6 is 0 Å². The molecule has 0 heterocycles. The van der Waals surface area contributed by atoms with Crippen molar-refractivity contribution in [3.8, 4) is 0 Å². The zero-order valence-electron chi connectivity index (χ0n) is 13.4. The van der Waals surface area contributed by atoms with Gasteiger partial charge < -0.3 is 5.32 Å². The predicted octanol–water partition coefficient (Wildman–Crippen LogP) is 4.20. The highest BCUT2D eigenvalue weighted by molar-refractivity contribution is 5.24. The highest BCUT2D eigenvalue weighted by Gasteiger charge is 2.66. The summed E-state index contributed by atoms with van der Waals surface area (Å²) in [6.45, 7) is 15.1. The first-order chi connectivity index (χ1) is 8.80. The van der Waals surface area contributed by atoms with Gasteiger partial charge in [0.2, 0.25) is 0 Å². The van der Waals surface area contributed by atoms with Gasteiger partial charge in [0, 0.05) is 6.04 Å². The lowest BCUT2D eigenvalue weighted by Gasteiger charge is -2.20. The summed E-state index contributed by atoms with van der Waals surface area (Å²) in [5, 5.41) is 3.72. The Labute approximate surface area is 118 Å². The maximum Gasteiger partial charge on any atom is 0.0146 e. The maximum absolute atomic E-state index is 3.72. The number of hydrogen-bond donors (Lipinski definition) is 1. The molecule has 1 fully saturated rings. The summed E-state index contributed by atoms with van der Waals surface area (Å²) >= 11 is 0. The van der Waals surface area contributed by atoms with Crippen molar-refractivity contribution in [3.05, 3.63) is 35.4 Å². The molecule has 1 saturated carbocycles. The van der Waals surface area contributed by atoms with Gasteiger partial charge in [0.05, 0.1) is 0 Å². The molecule has 1 aliphatic carbocycles. The standard InChI is InChI=1S/C18H29N/c1-7-19-15(16-17(3,4)18(16,5)6)12-14-10-8-13(2)9-11-14/h8-11,15-16,19H,7,12H2,1-6H3. The van der Waals surface area contributed by atoms with Gasteiger partial charge in [-0.2, -0.15) is 0 Å².